The Labute approximate surface area is 256 Å². The van der Waals surface area contributed by atoms with Crippen molar-refractivity contribution in [2.75, 3.05) is 37.7 Å². The predicted molar refractivity (Wildman–Crippen MR) is 173 cm³/mol. The lowest BCUT2D eigenvalue weighted by Gasteiger charge is -2.34. The van der Waals surface area contributed by atoms with Gasteiger partial charge in [0.2, 0.25) is 0 Å². The third-order valence-electron chi connectivity index (χ3n) is 9.21. The molecule has 2 aromatic carbocycles. The van der Waals surface area contributed by atoms with Gasteiger partial charge in [-0.25, -0.2) is 4.79 Å². The van der Waals surface area contributed by atoms with Crippen LogP contribution in [-0.4, -0.2) is 59.4 Å². The van der Waals surface area contributed by atoms with Crippen LogP contribution in [-0.2, 0) is 6.54 Å². The molecule has 1 saturated carbocycles. The van der Waals surface area contributed by atoms with Gasteiger partial charge in [-0.15, -0.1) is 24.8 Å². The average molecular weight is 603 g/mol. The first-order valence-corrected chi connectivity index (χ1v) is 15.2. The Balaban J connectivity index is 0.00000194. The number of para-hydroxylation sites is 1. The molecule has 224 valence electrons. The fourth-order valence-electron chi connectivity index (χ4n) is 7.25. The van der Waals surface area contributed by atoms with Crippen molar-refractivity contribution in [1.82, 2.24) is 9.47 Å². The molecule has 1 N–H and O–H groups in total. The van der Waals surface area contributed by atoms with Crippen LogP contribution in [0.1, 0.15) is 87.1 Å². The zero-order valence-corrected chi connectivity index (χ0v) is 26.1. The minimum absolute atomic E-state index is 0. The summed E-state index contributed by atoms with van der Waals surface area (Å²) in [7, 11) is 0. The Morgan fingerprint density at radius 3 is 2.44 bits per heavy atom. The number of fused-ring (bicyclic) bond motifs is 5. The summed E-state index contributed by atoms with van der Waals surface area (Å²) in [6, 6.07) is 12.7. The number of hydrogen-bond acceptors (Lipinski definition) is 4. The number of halogens is 2. The Morgan fingerprint density at radius 2 is 1.73 bits per heavy atom. The maximum atomic E-state index is 11.9. The van der Waals surface area contributed by atoms with Crippen LogP contribution in [0.15, 0.2) is 36.4 Å². The average Bonchev–Trinajstić information content (AvgIpc) is 3.15. The summed E-state index contributed by atoms with van der Waals surface area (Å²) < 4.78 is 8.98. The molecule has 3 aliphatic rings. The Kier molecular flexibility index (Phi) is 10.5. The van der Waals surface area contributed by atoms with Crippen molar-refractivity contribution in [3.63, 3.8) is 0 Å². The van der Waals surface area contributed by atoms with Gasteiger partial charge in [0.05, 0.1) is 23.5 Å². The van der Waals surface area contributed by atoms with Crippen LogP contribution in [0.4, 0.5) is 5.69 Å². The van der Waals surface area contributed by atoms with Gasteiger partial charge in [-0.05, 0) is 88.4 Å². The standard InChI is InChI=1S/C33H43N3O3.2ClH/c1-23(2)35(19-18-34-16-7-4-8-17-34)28-13-9-12-27-31-30(24-10-5-3-6-11-24)26-15-14-25(33(37)38)22-29(26)36(31)20-21-39-32(27)28;;/h9,12-15,22-24H,3-8,10-11,16-21H2,1-2H3,(H,37,38);2*1H. The highest BCUT2D eigenvalue weighted by atomic mass is 35.5. The number of nitrogens with zero attached hydrogens (tertiary/aromatic N) is 3. The van der Waals surface area contributed by atoms with Crippen molar-refractivity contribution in [1.29, 1.82) is 0 Å². The third kappa shape index (κ3) is 6.21. The van der Waals surface area contributed by atoms with Crippen molar-refractivity contribution >= 4 is 47.4 Å². The first-order valence-electron chi connectivity index (χ1n) is 15.2. The van der Waals surface area contributed by atoms with Gasteiger partial charge in [-0.2, -0.15) is 0 Å². The normalized spacial score (nSPS) is 17.5. The molecule has 3 aromatic rings. The number of carboxylic acids is 1. The summed E-state index contributed by atoms with van der Waals surface area (Å²) in [6.07, 6.45) is 10.2. The highest BCUT2D eigenvalue weighted by Gasteiger charge is 2.31. The van der Waals surface area contributed by atoms with E-state index in [1.165, 1.54) is 86.8 Å². The molecule has 41 heavy (non-hydrogen) atoms. The van der Waals surface area contributed by atoms with Gasteiger partial charge >= 0.3 is 5.97 Å². The van der Waals surface area contributed by atoms with Gasteiger partial charge in [0.1, 0.15) is 6.61 Å². The van der Waals surface area contributed by atoms with E-state index in [9.17, 15) is 9.90 Å². The molecular weight excluding hydrogens is 557 g/mol. The number of aromatic nitrogens is 1. The van der Waals surface area contributed by atoms with E-state index < -0.39 is 5.97 Å². The number of benzene rings is 2. The van der Waals surface area contributed by atoms with Crippen LogP contribution in [0.5, 0.6) is 5.75 Å². The molecule has 0 radical (unpaired) electrons. The zero-order chi connectivity index (χ0) is 26.9. The van der Waals surface area contributed by atoms with Crippen molar-refractivity contribution in [2.45, 2.75) is 83.7 Å². The molecular formula is C33H45Cl2N3O3. The van der Waals surface area contributed by atoms with E-state index in [0.717, 1.165) is 29.9 Å². The number of piperidine rings is 1. The van der Waals surface area contributed by atoms with E-state index in [2.05, 4.69) is 52.5 Å². The first kappa shape index (κ1) is 31.5. The Hall–Kier alpha value is -2.41. The van der Waals surface area contributed by atoms with E-state index in [4.69, 9.17) is 4.74 Å². The van der Waals surface area contributed by atoms with E-state index in [0.29, 0.717) is 30.7 Å². The van der Waals surface area contributed by atoms with E-state index in [1.54, 1.807) is 6.07 Å². The smallest absolute Gasteiger partial charge is 0.335 e. The van der Waals surface area contributed by atoms with E-state index in [1.807, 2.05) is 6.07 Å². The summed E-state index contributed by atoms with van der Waals surface area (Å²) in [5.74, 6) is 0.602. The lowest BCUT2D eigenvalue weighted by atomic mass is 9.81. The molecule has 1 saturated heterocycles. The number of anilines is 1. The number of ether oxygens (including phenoxy) is 1. The minimum atomic E-state index is -0.875. The molecule has 0 spiro atoms. The quantitative estimate of drug-likeness (QED) is 0.297. The van der Waals surface area contributed by atoms with Gasteiger partial charge in [-0.1, -0.05) is 37.8 Å². The Morgan fingerprint density at radius 1 is 1.00 bits per heavy atom. The topological polar surface area (TPSA) is 57.9 Å². The van der Waals surface area contributed by atoms with Crippen LogP contribution in [0.25, 0.3) is 22.2 Å². The molecule has 1 aromatic heterocycles. The molecule has 0 amide bonds. The summed E-state index contributed by atoms with van der Waals surface area (Å²) in [6.45, 7) is 10.3. The van der Waals surface area contributed by atoms with Gasteiger partial charge < -0.3 is 24.2 Å². The second kappa shape index (κ2) is 13.7. The molecule has 2 fully saturated rings. The molecule has 2 aliphatic heterocycles. The highest BCUT2D eigenvalue weighted by Crippen LogP contribution is 2.49. The SMILES string of the molecule is CC(C)N(CCN1CCCCC1)c1cccc2c1OCCn1c-2c(C2CCCCC2)c2ccc(C(=O)O)cc21.Cl.Cl. The van der Waals surface area contributed by atoms with Crippen LogP contribution in [0, 0.1) is 0 Å². The second-order valence-electron chi connectivity index (χ2n) is 12.0. The number of carboxylic acid groups (broad SMARTS) is 1. The molecule has 8 heteroatoms. The fraction of sp³-hybridized carbons (Fsp3) is 0.545. The largest absolute Gasteiger partial charge is 0.489 e. The summed E-state index contributed by atoms with van der Waals surface area (Å²) in [5.41, 5.74) is 6.35. The molecule has 0 unspecified atom stereocenters. The molecule has 6 rings (SSSR count). The van der Waals surface area contributed by atoms with Crippen LogP contribution >= 0.6 is 24.8 Å². The van der Waals surface area contributed by atoms with E-state index in [-0.39, 0.29) is 24.8 Å². The molecule has 0 atom stereocenters. The maximum Gasteiger partial charge on any atom is 0.335 e. The van der Waals surface area contributed by atoms with Crippen molar-refractivity contribution < 1.29 is 14.6 Å². The minimum Gasteiger partial charge on any atom is -0.489 e. The maximum absolute atomic E-state index is 11.9. The Bertz CT molecular complexity index is 1340. The highest BCUT2D eigenvalue weighted by molar-refractivity contribution is 5.99. The lowest BCUT2D eigenvalue weighted by molar-refractivity contribution is 0.0697. The fourth-order valence-corrected chi connectivity index (χ4v) is 7.25. The molecule has 1 aliphatic carbocycles. The number of hydrogen-bond donors (Lipinski definition) is 1. The molecule has 6 nitrogen and oxygen atoms in total. The van der Waals surface area contributed by atoms with Gasteiger partial charge in [0.15, 0.2) is 5.75 Å². The van der Waals surface area contributed by atoms with Crippen LogP contribution in [0.3, 0.4) is 0 Å². The number of rotatable bonds is 7. The lowest BCUT2D eigenvalue weighted by Crippen LogP contribution is -2.40. The van der Waals surface area contributed by atoms with Crippen molar-refractivity contribution in [3.8, 4) is 17.0 Å². The second-order valence-corrected chi connectivity index (χ2v) is 12.0. The number of aromatic carboxylic acids is 1. The van der Waals surface area contributed by atoms with E-state index >= 15 is 0 Å². The summed E-state index contributed by atoms with van der Waals surface area (Å²) in [5, 5.41) is 11.0. The van der Waals surface area contributed by atoms with Crippen LogP contribution < -0.4 is 9.64 Å². The predicted octanol–water partition coefficient (Wildman–Crippen LogP) is 7.99. The third-order valence-corrected chi connectivity index (χ3v) is 9.21. The van der Waals surface area contributed by atoms with Gasteiger partial charge in [-0.3, -0.25) is 0 Å². The van der Waals surface area contributed by atoms with Gasteiger partial charge in [0, 0.05) is 35.6 Å². The molecule has 3 heterocycles. The van der Waals surface area contributed by atoms with Crippen molar-refractivity contribution in [2.24, 2.45) is 0 Å². The summed E-state index contributed by atoms with van der Waals surface area (Å²) in [4.78, 5) is 17.0. The van der Waals surface area contributed by atoms with Crippen molar-refractivity contribution in [3.05, 3.63) is 47.5 Å². The van der Waals surface area contributed by atoms with Gasteiger partial charge in [0.25, 0.3) is 0 Å². The number of likely N-dealkylation sites (tertiary alicyclic amines) is 1. The zero-order valence-electron chi connectivity index (χ0n) is 24.4. The molecule has 0 bridgehead atoms. The monoisotopic (exact) mass is 601 g/mol. The van der Waals surface area contributed by atoms with Crippen LogP contribution in [0.2, 0.25) is 0 Å². The first-order chi connectivity index (χ1) is 19.0. The summed E-state index contributed by atoms with van der Waals surface area (Å²) >= 11 is 0. The number of carbonyl (C=O) groups is 1.